The van der Waals surface area contributed by atoms with Crippen LogP contribution in [0.2, 0.25) is 0 Å². The summed E-state index contributed by atoms with van der Waals surface area (Å²) in [6, 6.07) is 0. The molecule has 1 atom stereocenters. The second-order valence-corrected chi connectivity index (χ2v) is 6.13. The highest BCUT2D eigenvalue weighted by Crippen LogP contribution is 2.20. The van der Waals surface area contributed by atoms with Crippen molar-refractivity contribution in [2.75, 3.05) is 6.54 Å². The monoisotopic (exact) mass is 253 g/mol. The number of hydrogen-bond donors (Lipinski definition) is 2. The molecule has 1 aromatic heterocycles. The van der Waals surface area contributed by atoms with Crippen molar-refractivity contribution < 1.29 is 5.11 Å². The van der Waals surface area contributed by atoms with Crippen molar-refractivity contribution in [2.24, 2.45) is 5.41 Å². The summed E-state index contributed by atoms with van der Waals surface area (Å²) in [6.45, 7) is 11.0. The van der Waals surface area contributed by atoms with Gasteiger partial charge in [-0.15, -0.1) is 0 Å². The Kier molecular flexibility index (Phi) is 5.82. The molecular formula is C14H27N3O. The molecule has 1 unspecified atom stereocenters. The quantitative estimate of drug-likeness (QED) is 0.783. The minimum absolute atomic E-state index is 0.172. The number of aliphatic hydroxyl groups excluding tert-OH is 1. The number of imidazole rings is 1. The molecule has 0 aliphatic carbocycles. The standard InChI is InChI=1S/C14H27N3O/c1-5-6-17-11-16-9-12(17)8-15-10-13(18)7-14(2,3)4/h9,11,13,15,18H,5-8,10H2,1-4H3. The lowest BCUT2D eigenvalue weighted by Crippen LogP contribution is -2.30. The van der Waals surface area contributed by atoms with Gasteiger partial charge < -0.3 is 15.0 Å². The zero-order chi connectivity index (χ0) is 13.6. The molecule has 0 radical (unpaired) electrons. The number of nitrogens with one attached hydrogen (secondary N) is 1. The lowest BCUT2D eigenvalue weighted by atomic mass is 9.89. The Balaban J connectivity index is 2.30. The van der Waals surface area contributed by atoms with E-state index in [-0.39, 0.29) is 11.5 Å². The van der Waals surface area contributed by atoms with Crippen molar-refractivity contribution in [3.63, 3.8) is 0 Å². The van der Waals surface area contributed by atoms with Gasteiger partial charge in [0.25, 0.3) is 0 Å². The predicted octanol–water partition coefficient (Wildman–Crippen LogP) is 2.18. The van der Waals surface area contributed by atoms with E-state index in [1.165, 1.54) is 5.69 Å². The van der Waals surface area contributed by atoms with E-state index >= 15 is 0 Å². The summed E-state index contributed by atoms with van der Waals surface area (Å²) >= 11 is 0. The van der Waals surface area contributed by atoms with Crippen LogP contribution in [0.4, 0.5) is 0 Å². The van der Waals surface area contributed by atoms with E-state index in [2.05, 4.69) is 42.6 Å². The van der Waals surface area contributed by atoms with Crippen LogP contribution in [0, 0.1) is 5.41 Å². The van der Waals surface area contributed by atoms with Crippen molar-refractivity contribution in [1.82, 2.24) is 14.9 Å². The third-order valence-corrected chi connectivity index (χ3v) is 2.80. The van der Waals surface area contributed by atoms with Gasteiger partial charge in [-0.25, -0.2) is 4.98 Å². The number of hydrogen-bond acceptors (Lipinski definition) is 3. The van der Waals surface area contributed by atoms with Gasteiger partial charge >= 0.3 is 0 Å². The summed E-state index contributed by atoms with van der Waals surface area (Å²) in [5.41, 5.74) is 1.35. The highest BCUT2D eigenvalue weighted by molar-refractivity contribution is 4.97. The molecule has 2 N–H and O–H groups in total. The number of aliphatic hydroxyl groups is 1. The van der Waals surface area contributed by atoms with Crippen LogP contribution < -0.4 is 5.32 Å². The molecule has 0 bridgehead atoms. The Morgan fingerprint density at radius 1 is 1.44 bits per heavy atom. The molecule has 1 heterocycles. The fraction of sp³-hybridized carbons (Fsp3) is 0.786. The minimum atomic E-state index is -0.285. The maximum absolute atomic E-state index is 9.90. The number of rotatable bonds is 7. The Morgan fingerprint density at radius 3 is 2.78 bits per heavy atom. The van der Waals surface area contributed by atoms with E-state index in [1.54, 1.807) is 0 Å². The van der Waals surface area contributed by atoms with Crippen LogP contribution >= 0.6 is 0 Å². The third-order valence-electron chi connectivity index (χ3n) is 2.80. The predicted molar refractivity (Wildman–Crippen MR) is 74.3 cm³/mol. The van der Waals surface area contributed by atoms with E-state index in [1.807, 2.05) is 12.5 Å². The summed E-state index contributed by atoms with van der Waals surface area (Å²) in [5.74, 6) is 0. The lowest BCUT2D eigenvalue weighted by molar-refractivity contribution is 0.119. The summed E-state index contributed by atoms with van der Waals surface area (Å²) in [6.07, 6.45) is 5.39. The zero-order valence-electron chi connectivity index (χ0n) is 12.1. The van der Waals surface area contributed by atoms with Crippen molar-refractivity contribution in [3.8, 4) is 0 Å². The van der Waals surface area contributed by atoms with Crippen molar-refractivity contribution >= 4 is 0 Å². The molecule has 0 aliphatic rings. The van der Waals surface area contributed by atoms with Crippen LogP contribution in [0.15, 0.2) is 12.5 Å². The first-order valence-electron chi connectivity index (χ1n) is 6.80. The first kappa shape index (κ1) is 15.2. The van der Waals surface area contributed by atoms with E-state index in [0.29, 0.717) is 6.54 Å². The second kappa shape index (κ2) is 6.90. The van der Waals surface area contributed by atoms with Crippen molar-refractivity contribution in [1.29, 1.82) is 0 Å². The van der Waals surface area contributed by atoms with Gasteiger partial charge in [-0.2, -0.15) is 0 Å². The molecule has 4 heteroatoms. The van der Waals surface area contributed by atoms with Crippen LogP contribution in [-0.2, 0) is 13.1 Å². The van der Waals surface area contributed by atoms with Crippen molar-refractivity contribution in [2.45, 2.75) is 59.7 Å². The first-order valence-corrected chi connectivity index (χ1v) is 6.80. The fourth-order valence-corrected chi connectivity index (χ4v) is 2.08. The molecule has 0 spiro atoms. The highest BCUT2D eigenvalue weighted by Gasteiger charge is 2.16. The molecule has 0 amide bonds. The molecular weight excluding hydrogens is 226 g/mol. The Labute approximate surface area is 110 Å². The Bertz CT molecular complexity index is 341. The third kappa shape index (κ3) is 5.65. The molecule has 104 valence electrons. The first-order chi connectivity index (χ1) is 8.42. The van der Waals surface area contributed by atoms with E-state index in [0.717, 1.165) is 25.9 Å². The van der Waals surface area contributed by atoms with Crippen LogP contribution in [0.3, 0.4) is 0 Å². The maximum atomic E-state index is 9.90. The highest BCUT2D eigenvalue weighted by atomic mass is 16.3. The van der Waals surface area contributed by atoms with E-state index in [9.17, 15) is 5.11 Å². The molecule has 0 saturated carbocycles. The molecule has 1 rings (SSSR count). The molecule has 4 nitrogen and oxygen atoms in total. The molecule has 0 aliphatic heterocycles. The molecule has 0 fully saturated rings. The van der Waals surface area contributed by atoms with Gasteiger partial charge in [0.2, 0.25) is 0 Å². The maximum Gasteiger partial charge on any atom is 0.0948 e. The molecule has 18 heavy (non-hydrogen) atoms. The minimum Gasteiger partial charge on any atom is -0.392 e. The van der Waals surface area contributed by atoms with Crippen LogP contribution in [-0.4, -0.2) is 27.3 Å². The van der Waals surface area contributed by atoms with Gasteiger partial charge in [-0.1, -0.05) is 27.7 Å². The second-order valence-electron chi connectivity index (χ2n) is 6.13. The van der Waals surface area contributed by atoms with Crippen LogP contribution in [0.25, 0.3) is 0 Å². The average molecular weight is 253 g/mol. The SMILES string of the molecule is CCCn1cncc1CNCC(O)CC(C)(C)C. The van der Waals surface area contributed by atoms with Gasteiger partial charge in [-0.05, 0) is 18.3 Å². The van der Waals surface area contributed by atoms with Gasteiger partial charge in [0.1, 0.15) is 0 Å². The van der Waals surface area contributed by atoms with Gasteiger partial charge in [-0.3, -0.25) is 0 Å². The van der Waals surface area contributed by atoms with Crippen LogP contribution in [0.5, 0.6) is 0 Å². The summed E-state index contributed by atoms with van der Waals surface area (Å²) < 4.78 is 2.16. The average Bonchev–Trinajstić information content (AvgIpc) is 2.64. The van der Waals surface area contributed by atoms with Gasteiger partial charge in [0.15, 0.2) is 0 Å². The Morgan fingerprint density at radius 2 is 2.17 bits per heavy atom. The van der Waals surface area contributed by atoms with E-state index in [4.69, 9.17) is 0 Å². The van der Waals surface area contributed by atoms with Crippen LogP contribution in [0.1, 0.15) is 46.2 Å². The topological polar surface area (TPSA) is 50.1 Å². The fourth-order valence-electron chi connectivity index (χ4n) is 2.08. The Hall–Kier alpha value is -0.870. The summed E-state index contributed by atoms with van der Waals surface area (Å²) in [5, 5.41) is 13.2. The molecule has 0 aromatic carbocycles. The smallest absolute Gasteiger partial charge is 0.0948 e. The zero-order valence-corrected chi connectivity index (χ0v) is 12.1. The molecule has 0 saturated heterocycles. The van der Waals surface area contributed by atoms with Crippen molar-refractivity contribution in [3.05, 3.63) is 18.2 Å². The molecule has 1 aromatic rings. The lowest BCUT2D eigenvalue weighted by Gasteiger charge is -2.22. The van der Waals surface area contributed by atoms with E-state index < -0.39 is 0 Å². The number of aromatic nitrogens is 2. The normalized spacial score (nSPS) is 13.8. The van der Waals surface area contributed by atoms with Gasteiger partial charge in [0, 0.05) is 25.8 Å². The number of nitrogens with zero attached hydrogens (tertiary/aromatic N) is 2. The van der Waals surface area contributed by atoms with Gasteiger partial charge in [0.05, 0.1) is 18.1 Å². The largest absolute Gasteiger partial charge is 0.392 e. The summed E-state index contributed by atoms with van der Waals surface area (Å²) in [7, 11) is 0. The number of aryl methyl sites for hydroxylation is 1. The summed E-state index contributed by atoms with van der Waals surface area (Å²) in [4.78, 5) is 4.16.